The van der Waals surface area contributed by atoms with Crippen LogP contribution in [0.25, 0.3) is 16.7 Å². The third-order valence-corrected chi connectivity index (χ3v) is 5.87. The van der Waals surface area contributed by atoms with Crippen LogP contribution in [0.1, 0.15) is 29.3 Å². The molecule has 0 aliphatic rings. The summed E-state index contributed by atoms with van der Waals surface area (Å²) >= 11 is 0. The number of nitrogens with zero attached hydrogens (tertiary/aromatic N) is 3. The summed E-state index contributed by atoms with van der Waals surface area (Å²) in [5, 5.41) is 6.87. The average Bonchev–Trinajstić information content (AvgIpc) is 3.17. The van der Waals surface area contributed by atoms with Crippen molar-refractivity contribution in [3.63, 3.8) is 0 Å². The van der Waals surface area contributed by atoms with E-state index in [1.54, 1.807) is 12.1 Å². The van der Waals surface area contributed by atoms with Gasteiger partial charge in [0.2, 0.25) is 5.91 Å². The van der Waals surface area contributed by atoms with Crippen LogP contribution < -0.4 is 10.9 Å². The number of halogens is 3. The van der Waals surface area contributed by atoms with Crippen molar-refractivity contribution in [2.45, 2.75) is 39.4 Å². The summed E-state index contributed by atoms with van der Waals surface area (Å²) < 4.78 is 43.9. The van der Waals surface area contributed by atoms with Gasteiger partial charge in [-0.15, -0.1) is 0 Å². The number of alkyl halides is 3. The Balaban J connectivity index is 1.75. The van der Waals surface area contributed by atoms with Gasteiger partial charge >= 0.3 is 6.18 Å². The molecule has 0 unspecified atom stereocenters. The number of benzene rings is 2. The lowest BCUT2D eigenvalue weighted by Crippen LogP contribution is -2.34. The molecule has 4 rings (SSSR count). The molecule has 0 saturated heterocycles. The Morgan fingerprint density at radius 2 is 1.71 bits per heavy atom. The summed E-state index contributed by atoms with van der Waals surface area (Å²) in [6.45, 7) is 3.36. The molecule has 9 heteroatoms. The maximum absolute atomic E-state index is 13.8. The van der Waals surface area contributed by atoms with Crippen LogP contribution in [0.15, 0.2) is 65.5 Å². The van der Waals surface area contributed by atoms with Gasteiger partial charge in [0.15, 0.2) is 0 Å². The van der Waals surface area contributed by atoms with Crippen molar-refractivity contribution in [2.24, 2.45) is 0 Å². The van der Waals surface area contributed by atoms with Crippen molar-refractivity contribution in [1.29, 1.82) is 0 Å². The van der Waals surface area contributed by atoms with Crippen molar-refractivity contribution in [1.82, 2.24) is 19.7 Å². The van der Waals surface area contributed by atoms with Crippen molar-refractivity contribution in [3.8, 4) is 5.69 Å². The number of aryl methyl sites for hydroxylation is 2. The molecule has 0 aliphatic carbocycles. The monoisotopic (exact) mass is 482 g/mol. The number of hydrogen-bond acceptors (Lipinski definition) is 3. The van der Waals surface area contributed by atoms with Crippen molar-refractivity contribution < 1.29 is 18.0 Å². The Bertz CT molecular complexity index is 1410. The summed E-state index contributed by atoms with van der Waals surface area (Å²) in [5.41, 5.74) is 0.646. The van der Waals surface area contributed by atoms with Crippen LogP contribution in [0, 0.1) is 6.92 Å². The third kappa shape index (κ3) is 5.13. The second kappa shape index (κ2) is 9.77. The normalized spacial score (nSPS) is 11.7. The van der Waals surface area contributed by atoms with Gasteiger partial charge in [-0.1, -0.05) is 49.4 Å². The van der Waals surface area contributed by atoms with Crippen LogP contribution in [-0.4, -0.2) is 26.8 Å². The second-order valence-electron chi connectivity index (χ2n) is 8.28. The number of hydrogen-bond donors (Lipinski definition) is 1. The fraction of sp³-hybridized carbons (Fsp3) is 0.269. The van der Waals surface area contributed by atoms with Crippen molar-refractivity contribution >= 4 is 16.9 Å². The van der Waals surface area contributed by atoms with E-state index in [1.807, 2.05) is 49.4 Å². The van der Waals surface area contributed by atoms with E-state index in [9.17, 15) is 22.8 Å². The first-order chi connectivity index (χ1) is 16.7. The molecule has 2 heterocycles. The SMILES string of the molecule is CCc1ccc(-n2nc(C)c3c(C(F)(F)F)cc(=O)n(CC(=O)NCCc4ccccc4)c32)cc1. The van der Waals surface area contributed by atoms with Gasteiger partial charge in [-0.05, 0) is 43.0 Å². The molecular formula is C26H25F3N4O2. The van der Waals surface area contributed by atoms with E-state index in [1.165, 1.54) is 11.6 Å². The highest BCUT2D eigenvalue weighted by Crippen LogP contribution is 2.36. The van der Waals surface area contributed by atoms with Crippen LogP contribution in [0.2, 0.25) is 0 Å². The standard InChI is InChI=1S/C26H25F3N4O2/c1-3-18-9-11-20(12-10-18)33-25-24(17(2)31-33)21(26(27,28)29)15-23(35)32(25)16-22(34)30-14-13-19-7-5-4-6-8-19/h4-12,15H,3,13-14,16H2,1-2H3,(H,30,34). The largest absolute Gasteiger partial charge is 0.417 e. The zero-order valence-electron chi connectivity index (χ0n) is 19.4. The highest BCUT2D eigenvalue weighted by atomic mass is 19.4. The maximum Gasteiger partial charge on any atom is 0.417 e. The molecule has 2 aromatic heterocycles. The molecule has 0 saturated carbocycles. The zero-order chi connectivity index (χ0) is 25.2. The van der Waals surface area contributed by atoms with Gasteiger partial charge in [0.1, 0.15) is 12.2 Å². The molecule has 35 heavy (non-hydrogen) atoms. The van der Waals surface area contributed by atoms with E-state index < -0.39 is 29.8 Å². The van der Waals surface area contributed by atoms with E-state index >= 15 is 0 Å². The zero-order valence-corrected chi connectivity index (χ0v) is 19.4. The molecule has 4 aromatic rings. The molecule has 0 spiro atoms. The van der Waals surface area contributed by atoms with Gasteiger partial charge in [0.05, 0.1) is 22.3 Å². The lowest BCUT2D eigenvalue weighted by Gasteiger charge is -2.15. The summed E-state index contributed by atoms with van der Waals surface area (Å²) in [6.07, 6.45) is -3.37. The minimum absolute atomic E-state index is 0.0650. The topological polar surface area (TPSA) is 68.9 Å². The summed E-state index contributed by atoms with van der Waals surface area (Å²) in [4.78, 5) is 25.6. The van der Waals surface area contributed by atoms with Crippen molar-refractivity contribution in [2.75, 3.05) is 6.54 Å². The Morgan fingerprint density at radius 1 is 1.03 bits per heavy atom. The molecule has 1 amide bonds. The first-order valence-corrected chi connectivity index (χ1v) is 11.3. The predicted molar refractivity (Wildman–Crippen MR) is 128 cm³/mol. The summed E-state index contributed by atoms with van der Waals surface area (Å²) in [6, 6.07) is 17.3. The minimum atomic E-state index is -4.75. The minimum Gasteiger partial charge on any atom is -0.354 e. The lowest BCUT2D eigenvalue weighted by atomic mass is 10.1. The number of fused-ring (bicyclic) bond motifs is 1. The van der Waals surface area contributed by atoms with Gasteiger partial charge < -0.3 is 5.32 Å². The van der Waals surface area contributed by atoms with E-state index in [-0.39, 0.29) is 16.7 Å². The van der Waals surface area contributed by atoms with Crippen LogP contribution in [0.5, 0.6) is 0 Å². The molecule has 1 N–H and O–H groups in total. The fourth-order valence-electron chi connectivity index (χ4n) is 4.08. The third-order valence-electron chi connectivity index (χ3n) is 5.87. The number of rotatable bonds is 7. The van der Waals surface area contributed by atoms with Crippen LogP contribution in [0.4, 0.5) is 13.2 Å². The van der Waals surface area contributed by atoms with Gasteiger partial charge in [-0.2, -0.15) is 18.3 Å². The first-order valence-electron chi connectivity index (χ1n) is 11.3. The quantitative estimate of drug-likeness (QED) is 0.424. The van der Waals surface area contributed by atoms with Crippen LogP contribution in [-0.2, 0) is 30.4 Å². The van der Waals surface area contributed by atoms with Crippen LogP contribution >= 0.6 is 0 Å². The Hall–Kier alpha value is -3.88. The highest BCUT2D eigenvalue weighted by molar-refractivity contribution is 5.86. The molecule has 0 atom stereocenters. The number of aromatic nitrogens is 3. The molecule has 0 aliphatic heterocycles. The number of nitrogens with one attached hydrogen (secondary N) is 1. The van der Waals surface area contributed by atoms with E-state index in [4.69, 9.17) is 0 Å². The van der Waals surface area contributed by atoms with E-state index in [0.29, 0.717) is 24.7 Å². The van der Waals surface area contributed by atoms with Gasteiger partial charge in [-0.3, -0.25) is 14.2 Å². The molecular weight excluding hydrogens is 457 g/mol. The van der Waals surface area contributed by atoms with E-state index in [2.05, 4.69) is 10.4 Å². The fourth-order valence-corrected chi connectivity index (χ4v) is 4.08. The van der Waals surface area contributed by atoms with Crippen molar-refractivity contribution in [3.05, 3.63) is 93.4 Å². The number of pyridine rings is 1. The molecule has 2 aromatic carbocycles. The highest BCUT2D eigenvalue weighted by Gasteiger charge is 2.36. The smallest absolute Gasteiger partial charge is 0.354 e. The average molecular weight is 483 g/mol. The van der Waals surface area contributed by atoms with Gasteiger partial charge in [0, 0.05) is 12.6 Å². The van der Waals surface area contributed by atoms with Gasteiger partial charge in [0.25, 0.3) is 5.56 Å². The number of carbonyl (C=O) groups is 1. The van der Waals surface area contributed by atoms with E-state index in [0.717, 1.165) is 22.1 Å². The molecule has 0 fully saturated rings. The Kier molecular flexibility index (Phi) is 6.77. The van der Waals surface area contributed by atoms with Crippen LogP contribution in [0.3, 0.4) is 0 Å². The number of amides is 1. The Labute approximate surface area is 200 Å². The summed E-state index contributed by atoms with van der Waals surface area (Å²) in [5.74, 6) is -0.476. The summed E-state index contributed by atoms with van der Waals surface area (Å²) in [7, 11) is 0. The Morgan fingerprint density at radius 3 is 2.34 bits per heavy atom. The maximum atomic E-state index is 13.8. The lowest BCUT2D eigenvalue weighted by molar-refractivity contribution is -0.136. The van der Waals surface area contributed by atoms with Gasteiger partial charge in [-0.25, -0.2) is 4.68 Å². The first kappa shape index (κ1) is 24.3. The molecule has 0 bridgehead atoms. The molecule has 0 radical (unpaired) electrons. The molecule has 182 valence electrons. The molecule has 6 nitrogen and oxygen atoms in total. The predicted octanol–water partition coefficient (Wildman–Crippen LogP) is 4.44. The second-order valence-corrected chi connectivity index (χ2v) is 8.28. The number of carbonyl (C=O) groups excluding carboxylic acids is 1.